The van der Waals surface area contributed by atoms with Crippen molar-refractivity contribution in [2.75, 3.05) is 31.1 Å². The fraction of sp³-hybridized carbons (Fsp3) is 0.545. The topological polar surface area (TPSA) is 114 Å². The number of rotatable bonds is 7. The van der Waals surface area contributed by atoms with E-state index in [4.69, 9.17) is 4.98 Å². The van der Waals surface area contributed by atoms with Gasteiger partial charge in [0.15, 0.2) is 5.65 Å². The summed E-state index contributed by atoms with van der Waals surface area (Å²) >= 11 is 0. The number of H-pyrrole nitrogens is 1. The maximum atomic E-state index is 13.0. The van der Waals surface area contributed by atoms with Crippen molar-refractivity contribution in [3.8, 4) is 0 Å². The van der Waals surface area contributed by atoms with Gasteiger partial charge in [0, 0.05) is 25.8 Å². The third kappa shape index (κ3) is 4.27. The molecule has 2 aromatic heterocycles. The molecule has 3 heterocycles. The Morgan fingerprint density at radius 1 is 1.35 bits per heavy atom. The highest BCUT2D eigenvalue weighted by atomic mass is 16.3. The zero-order chi connectivity index (χ0) is 22.8. The molecule has 0 bridgehead atoms. The zero-order valence-electron chi connectivity index (χ0n) is 18.7. The minimum atomic E-state index is -0.663. The fourth-order valence-electron chi connectivity index (χ4n) is 4.07. The highest BCUT2D eigenvalue weighted by Crippen LogP contribution is 2.26. The normalized spacial score (nSPS) is 16.4. The average Bonchev–Trinajstić information content (AvgIpc) is 3.19. The third-order valence-corrected chi connectivity index (χ3v) is 6.31. The molecule has 168 valence electrons. The van der Waals surface area contributed by atoms with E-state index in [1.54, 1.807) is 12.4 Å². The van der Waals surface area contributed by atoms with Crippen LogP contribution < -0.4 is 10.2 Å². The van der Waals surface area contributed by atoms with E-state index in [1.165, 1.54) is 6.08 Å². The molecule has 0 aromatic carbocycles. The van der Waals surface area contributed by atoms with Crippen molar-refractivity contribution in [2.45, 2.75) is 51.6 Å². The van der Waals surface area contributed by atoms with Gasteiger partial charge in [0.05, 0.1) is 29.4 Å². The van der Waals surface area contributed by atoms with E-state index in [-0.39, 0.29) is 18.4 Å². The van der Waals surface area contributed by atoms with E-state index in [2.05, 4.69) is 26.8 Å². The number of anilines is 1. The maximum Gasteiger partial charge on any atom is 0.255 e. The highest BCUT2D eigenvalue weighted by molar-refractivity contribution is 6.05. The summed E-state index contributed by atoms with van der Waals surface area (Å²) in [6.45, 7) is 13.1. The number of fused-ring (bicyclic) bond motifs is 1. The molecule has 0 atom stereocenters. The number of hydrogen-bond acceptors (Lipinski definition) is 6. The molecule has 1 saturated heterocycles. The molecule has 0 unspecified atom stereocenters. The van der Waals surface area contributed by atoms with Gasteiger partial charge >= 0.3 is 0 Å². The molecule has 9 nitrogen and oxygen atoms in total. The largest absolute Gasteiger partial charge is 0.394 e. The molecule has 1 aliphatic heterocycles. The summed E-state index contributed by atoms with van der Waals surface area (Å²) in [7, 11) is 0. The number of nitrogens with one attached hydrogen (secondary N) is 2. The molecule has 3 rings (SSSR count). The van der Waals surface area contributed by atoms with E-state index in [0.29, 0.717) is 55.0 Å². The second kappa shape index (κ2) is 8.66. The highest BCUT2D eigenvalue weighted by Gasteiger charge is 2.36. The first-order valence-electron chi connectivity index (χ1n) is 10.7. The van der Waals surface area contributed by atoms with E-state index >= 15 is 0 Å². The van der Waals surface area contributed by atoms with Crippen LogP contribution >= 0.6 is 0 Å². The predicted octanol–water partition coefficient (Wildman–Crippen LogP) is 1.85. The summed E-state index contributed by atoms with van der Waals surface area (Å²) in [6.07, 6.45) is 5.86. The van der Waals surface area contributed by atoms with Gasteiger partial charge in [-0.05, 0) is 32.8 Å². The van der Waals surface area contributed by atoms with E-state index < -0.39 is 11.1 Å². The molecule has 9 heteroatoms. The zero-order valence-corrected chi connectivity index (χ0v) is 18.7. The Morgan fingerprint density at radius 2 is 2.06 bits per heavy atom. The van der Waals surface area contributed by atoms with Gasteiger partial charge in [-0.2, -0.15) is 0 Å². The lowest BCUT2D eigenvalue weighted by Crippen LogP contribution is -2.61. The van der Waals surface area contributed by atoms with Crippen LogP contribution in [0.1, 0.15) is 50.9 Å². The lowest BCUT2D eigenvalue weighted by molar-refractivity contribution is -0.131. The molecule has 0 spiro atoms. The first-order chi connectivity index (χ1) is 14.7. The Bertz CT molecular complexity index is 971. The molecule has 0 aliphatic carbocycles. The molecule has 31 heavy (non-hydrogen) atoms. The van der Waals surface area contributed by atoms with Crippen LogP contribution in [0, 0.1) is 0 Å². The SMILES string of the molecule is C=CC(=O)N1CCN(c2cnc3[nH]cc(C(=O)NC(CC)(CC)CO)c3n2)CC1(C)C. The quantitative estimate of drug-likeness (QED) is 0.580. The van der Waals surface area contributed by atoms with Crippen LogP contribution in [0.3, 0.4) is 0 Å². The van der Waals surface area contributed by atoms with Crippen molar-refractivity contribution in [1.82, 2.24) is 25.2 Å². The molecule has 0 radical (unpaired) electrons. The van der Waals surface area contributed by atoms with Gasteiger partial charge in [0.25, 0.3) is 5.91 Å². The lowest BCUT2D eigenvalue weighted by atomic mass is 9.93. The molecule has 0 saturated carbocycles. The number of carbonyl (C=O) groups is 2. The molecule has 1 aliphatic rings. The number of aromatic nitrogens is 3. The number of aliphatic hydroxyl groups excluding tert-OH is 1. The van der Waals surface area contributed by atoms with Crippen LogP contribution in [0.2, 0.25) is 0 Å². The van der Waals surface area contributed by atoms with Gasteiger partial charge in [-0.1, -0.05) is 20.4 Å². The molecular weight excluding hydrogens is 396 g/mol. The van der Waals surface area contributed by atoms with Crippen LogP contribution in [0.25, 0.3) is 11.2 Å². The third-order valence-electron chi connectivity index (χ3n) is 6.31. The Kier molecular flexibility index (Phi) is 6.35. The summed E-state index contributed by atoms with van der Waals surface area (Å²) < 4.78 is 0. The second-order valence-electron chi connectivity index (χ2n) is 8.66. The fourth-order valence-corrected chi connectivity index (χ4v) is 4.07. The Labute approximate surface area is 182 Å². The van der Waals surface area contributed by atoms with Gasteiger partial charge in [0.1, 0.15) is 11.3 Å². The standard InChI is InChI=1S/C22H32N6O3/c1-6-17(30)28-10-9-27(13-21(28,4)5)16-12-24-19-18(25-16)15(11-23-19)20(31)26-22(7-2,8-3)14-29/h6,11-12,29H,1,7-10,13-14H2,2-5H3,(H,23,24)(H,26,31). The molecular formula is C22H32N6O3. The van der Waals surface area contributed by atoms with Crippen LogP contribution in [0.5, 0.6) is 0 Å². The number of amides is 2. The molecule has 1 fully saturated rings. The lowest BCUT2D eigenvalue weighted by Gasteiger charge is -2.47. The number of carbonyl (C=O) groups excluding carboxylic acids is 2. The Morgan fingerprint density at radius 3 is 2.65 bits per heavy atom. The number of piperazine rings is 1. The van der Waals surface area contributed by atoms with Crippen LogP contribution in [0.15, 0.2) is 25.0 Å². The first kappa shape index (κ1) is 22.7. The summed E-state index contributed by atoms with van der Waals surface area (Å²) in [4.78, 5) is 41.2. The van der Waals surface area contributed by atoms with Crippen molar-refractivity contribution >= 4 is 28.8 Å². The average molecular weight is 429 g/mol. The number of aliphatic hydroxyl groups is 1. The van der Waals surface area contributed by atoms with Crippen LogP contribution in [-0.2, 0) is 4.79 Å². The number of aromatic amines is 1. The van der Waals surface area contributed by atoms with Crippen molar-refractivity contribution in [2.24, 2.45) is 0 Å². The summed E-state index contributed by atoms with van der Waals surface area (Å²) in [6, 6.07) is 0. The predicted molar refractivity (Wildman–Crippen MR) is 120 cm³/mol. The maximum absolute atomic E-state index is 13.0. The summed E-state index contributed by atoms with van der Waals surface area (Å²) in [5.74, 6) is 0.270. The second-order valence-corrected chi connectivity index (χ2v) is 8.66. The van der Waals surface area contributed by atoms with Gasteiger partial charge in [-0.25, -0.2) is 9.97 Å². The van der Waals surface area contributed by atoms with E-state index in [1.807, 2.05) is 32.6 Å². The Balaban J connectivity index is 1.88. The smallest absolute Gasteiger partial charge is 0.255 e. The minimum absolute atomic E-state index is 0.0880. The van der Waals surface area contributed by atoms with Crippen molar-refractivity contribution in [3.63, 3.8) is 0 Å². The molecule has 2 amide bonds. The Hall–Kier alpha value is -2.94. The minimum Gasteiger partial charge on any atom is -0.394 e. The first-order valence-corrected chi connectivity index (χ1v) is 10.7. The summed E-state index contributed by atoms with van der Waals surface area (Å²) in [5, 5.41) is 12.8. The van der Waals surface area contributed by atoms with Crippen LogP contribution in [-0.4, -0.2) is 74.1 Å². The van der Waals surface area contributed by atoms with Gasteiger partial charge in [0.2, 0.25) is 5.91 Å². The van der Waals surface area contributed by atoms with Gasteiger partial charge < -0.3 is 25.2 Å². The van der Waals surface area contributed by atoms with E-state index in [9.17, 15) is 14.7 Å². The van der Waals surface area contributed by atoms with Gasteiger partial charge in [-0.3, -0.25) is 9.59 Å². The number of hydrogen-bond donors (Lipinski definition) is 3. The molecule has 2 aromatic rings. The van der Waals surface area contributed by atoms with E-state index in [0.717, 1.165) is 0 Å². The van der Waals surface area contributed by atoms with Crippen LogP contribution in [0.4, 0.5) is 5.82 Å². The van der Waals surface area contributed by atoms with Crippen molar-refractivity contribution in [3.05, 3.63) is 30.6 Å². The monoisotopic (exact) mass is 428 g/mol. The number of nitrogens with zero attached hydrogens (tertiary/aromatic N) is 4. The molecule has 3 N–H and O–H groups in total. The van der Waals surface area contributed by atoms with Gasteiger partial charge in [-0.15, -0.1) is 0 Å². The summed E-state index contributed by atoms with van der Waals surface area (Å²) in [5.41, 5.74) is 0.335. The van der Waals surface area contributed by atoms with Crippen molar-refractivity contribution in [1.29, 1.82) is 0 Å². The van der Waals surface area contributed by atoms with Crippen molar-refractivity contribution < 1.29 is 14.7 Å².